The number of rotatable bonds is 8. The largest absolute Gasteiger partial charge is 0.340 e. The van der Waals surface area contributed by atoms with Gasteiger partial charge in [0.05, 0.1) is 21.9 Å². The second-order valence-electron chi connectivity index (χ2n) is 7.61. The zero-order chi connectivity index (χ0) is 21.8. The van der Waals surface area contributed by atoms with Crippen LogP contribution in [0.5, 0.6) is 0 Å². The van der Waals surface area contributed by atoms with E-state index >= 15 is 0 Å². The van der Waals surface area contributed by atoms with Gasteiger partial charge in [-0.3, -0.25) is 9.69 Å². The number of carbonyl (C=O) groups is 1. The van der Waals surface area contributed by atoms with Gasteiger partial charge in [0.15, 0.2) is 0 Å². The number of carbonyl (C=O) groups excluding carboxylic acids is 1. The van der Waals surface area contributed by atoms with Gasteiger partial charge in [0.2, 0.25) is 17.6 Å². The Bertz CT molecular complexity index is 1130. The average Bonchev–Trinajstić information content (AvgIpc) is 3.62. The van der Waals surface area contributed by atoms with Gasteiger partial charge in [0.1, 0.15) is 5.01 Å². The molecule has 5 rings (SSSR count). The summed E-state index contributed by atoms with van der Waals surface area (Å²) < 4.78 is 5.38. The maximum Gasteiger partial charge on any atom is 0.228 e. The summed E-state index contributed by atoms with van der Waals surface area (Å²) in [6.07, 6.45) is 2.11. The molecule has 10 heteroatoms. The number of amides is 1. The maximum atomic E-state index is 12.7. The molecule has 166 valence electrons. The fraction of sp³-hybridized carbons (Fsp3) is 0.364. The van der Waals surface area contributed by atoms with Gasteiger partial charge < -0.3 is 9.42 Å². The van der Waals surface area contributed by atoms with Crippen LogP contribution in [0.25, 0.3) is 20.6 Å². The van der Waals surface area contributed by atoms with E-state index in [0.717, 1.165) is 66.0 Å². The first-order valence-corrected chi connectivity index (χ1v) is 13.2. The molecule has 32 heavy (non-hydrogen) atoms. The van der Waals surface area contributed by atoms with Crippen LogP contribution in [0.3, 0.4) is 0 Å². The van der Waals surface area contributed by atoms with E-state index in [-0.39, 0.29) is 5.91 Å². The number of thiophene rings is 2. The third-order valence-electron chi connectivity index (χ3n) is 5.42. The van der Waals surface area contributed by atoms with Crippen molar-refractivity contribution in [3.8, 4) is 20.6 Å². The number of nitrogens with zero attached hydrogens (tertiary/aromatic N) is 5. The molecule has 4 aromatic heterocycles. The Labute approximate surface area is 198 Å². The van der Waals surface area contributed by atoms with Gasteiger partial charge in [-0.25, -0.2) is 4.98 Å². The second kappa shape index (κ2) is 10.0. The van der Waals surface area contributed by atoms with Gasteiger partial charge in [-0.15, -0.1) is 34.0 Å². The van der Waals surface area contributed by atoms with Crippen LogP contribution in [-0.4, -0.2) is 63.6 Å². The number of aryl methyl sites for hydroxylation is 1. The summed E-state index contributed by atoms with van der Waals surface area (Å²) >= 11 is 4.89. The standard InChI is InChI=1S/C22H23N5O2S3/c28-20(14-16-15-32-22(23-16)18-5-3-13-31-18)27-10-8-26(9-11-27)7-1-6-19-24-21(25-29-19)17-4-2-12-30-17/h2-5,12-13,15H,1,6-11,14H2. The number of aromatic nitrogens is 3. The molecule has 1 aliphatic heterocycles. The molecule has 0 N–H and O–H groups in total. The molecular weight excluding hydrogens is 462 g/mol. The predicted octanol–water partition coefficient (Wildman–Crippen LogP) is 4.30. The minimum Gasteiger partial charge on any atom is -0.340 e. The van der Waals surface area contributed by atoms with Gasteiger partial charge in [-0.1, -0.05) is 17.3 Å². The van der Waals surface area contributed by atoms with Crippen LogP contribution in [-0.2, 0) is 17.6 Å². The molecule has 0 radical (unpaired) electrons. The van der Waals surface area contributed by atoms with Crippen LogP contribution >= 0.6 is 34.0 Å². The van der Waals surface area contributed by atoms with Gasteiger partial charge in [0, 0.05) is 38.0 Å². The number of thiazole rings is 1. The molecule has 0 saturated carbocycles. The van der Waals surface area contributed by atoms with E-state index < -0.39 is 0 Å². The van der Waals surface area contributed by atoms with Crippen molar-refractivity contribution in [3.63, 3.8) is 0 Å². The Balaban J connectivity index is 1.04. The van der Waals surface area contributed by atoms with Crippen molar-refractivity contribution in [2.45, 2.75) is 19.3 Å². The quantitative estimate of drug-likeness (QED) is 0.370. The highest BCUT2D eigenvalue weighted by molar-refractivity contribution is 7.20. The van der Waals surface area contributed by atoms with Gasteiger partial charge in [-0.2, -0.15) is 4.98 Å². The summed E-state index contributed by atoms with van der Waals surface area (Å²) in [5.74, 6) is 1.52. The van der Waals surface area contributed by atoms with Crippen LogP contribution in [0, 0.1) is 0 Å². The van der Waals surface area contributed by atoms with Crippen LogP contribution in [0.15, 0.2) is 44.9 Å². The highest BCUT2D eigenvalue weighted by atomic mass is 32.1. The summed E-state index contributed by atoms with van der Waals surface area (Å²) in [5.41, 5.74) is 0.868. The van der Waals surface area contributed by atoms with Crippen molar-refractivity contribution in [1.29, 1.82) is 0 Å². The average molecular weight is 486 g/mol. The van der Waals surface area contributed by atoms with Crippen LogP contribution in [0.1, 0.15) is 18.0 Å². The van der Waals surface area contributed by atoms with E-state index in [0.29, 0.717) is 18.1 Å². The molecule has 1 amide bonds. The third kappa shape index (κ3) is 5.15. The minimum atomic E-state index is 0.166. The van der Waals surface area contributed by atoms with Gasteiger partial charge in [0.25, 0.3) is 0 Å². The highest BCUT2D eigenvalue weighted by Crippen LogP contribution is 2.28. The molecule has 1 aliphatic rings. The zero-order valence-electron chi connectivity index (χ0n) is 17.5. The maximum absolute atomic E-state index is 12.7. The molecule has 0 spiro atoms. The van der Waals surface area contributed by atoms with Crippen molar-refractivity contribution < 1.29 is 9.32 Å². The highest BCUT2D eigenvalue weighted by Gasteiger charge is 2.22. The molecular formula is C22H23N5O2S3. The fourth-order valence-corrected chi connectivity index (χ4v) is 5.99. The van der Waals surface area contributed by atoms with E-state index in [9.17, 15) is 4.79 Å². The Kier molecular flexibility index (Phi) is 6.72. The summed E-state index contributed by atoms with van der Waals surface area (Å²) in [5, 5.41) is 11.1. The molecule has 4 aromatic rings. The number of hydrogen-bond acceptors (Lipinski definition) is 9. The van der Waals surface area contributed by atoms with Crippen LogP contribution < -0.4 is 0 Å². The van der Waals surface area contributed by atoms with E-state index in [1.165, 1.54) is 0 Å². The van der Waals surface area contributed by atoms with Crippen LogP contribution in [0.4, 0.5) is 0 Å². The van der Waals surface area contributed by atoms with E-state index in [1.54, 1.807) is 34.0 Å². The van der Waals surface area contributed by atoms with Crippen molar-refractivity contribution in [3.05, 3.63) is 52.0 Å². The monoisotopic (exact) mass is 485 g/mol. The lowest BCUT2D eigenvalue weighted by Crippen LogP contribution is -2.49. The molecule has 0 bridgehead atoms. The first-order valence-electron chi connectivity index (χ1n) is 10.6. The number of piperazine rings is 1. The molecule has 1 saturated heterocycles. The molecule has 0 atom stereocenters. The summed E-state index contributed by atoms with van der Waals surface area (Å²) in [7, 11) is 0. The molecule has 0 aromatic carbocycles. The molecule has 0 unspecified atom stereocenters. The smallest absolute Gasteiger partial charge is 0.228 e. The first-order chi connectivity index (χ1) is 15.7. The lowest BCUT2D eigenvalue weighted by Gasteiger charge is -2.34. The third-order valence-corrected chi connectivity index (χ3v) is 8.21. The van der Waals surface area contributed by atoms with Gasteiger partial charge >= 0.3 is 0 Å². The summed E-state index contributed by atoms with van der Waals surface area (Å²) in [6.45, 7) is 4.30. The SMILES string of the molecule is O=C(Cc1csc(-c2cccs2)n1)N1CCN(CCCc2nc(-c3cccs3)no2)CC1. The topological polar surface area (TPSA) is 75.4 Å². The van der Waals surface area contributed by atoms with E-state index in [4.69, 9.17) is 4.52 Å². The minimum absolute atomic E-state index is 0.166. The van der Waals surface area contributed by atoms with Crippen molar-refractivity contribution in [2.24, 2.45) is 0 Å². The van der Waals surface area contributed by atoms with Crippen molar-refractivity contribution in [2.75, 3.05) is 32.7 Å². The molecule has 0 aliphatic carbocycles. The van der Waals surface area contributed by atoms with Gasteiger partial charge in [-0.05, 0) is 35.9 Å². The lowest BCUT2D eigenvalue weighted by atomic mass is 10.2. The fourth-order valence-electron chi connectivity index (χ4n) is 3.71. The molecule has 1 fully saturated rings. The zero-order valence-corrected chi connectivity index (χ0v) is 19.9. The summed E-state index contributed by atoms with van der Waals surface area (Å²) in [4.78, 5) is 28.4. The van der Waals surface area contributed by atoms with E-state index in [2.05, 4.69) is 26.1 Å². The predicted molar refractivity (Wildman–Crippen MR) is 128 cm³/mol. The molecule has 7 nitrogen and oxygen atoms in total. The Hall–Kier alpha value is -2.40. The normalized spacial score (nSPS) is 14.8. The van der Waals surface area contributed by atoms with Crippen molar-refractivity contribution in [1.82, 2.24) is 24.9 Å². The Morgan fingerprint density at radius 1 is 1.00 bits per heavy atom. The van der Waals surface area contributed by atoms with E-state index in [1.807, 2.05) is 39.2 Å². The Morgan fingerprint density at radius 3 is 2.53 bits per heavy atom. The first kappa shape index (κ1) is 21.4. The number of hydrogen-bond donors (Lipinski definition) is 0. The Morgan fingerprint density at radius 2 is 1.78 bits per heavy atom. The van der Waals surface area contributed by atoms with Crippen molar-refractivity contribution >= 4 is 39.9 Å². The van der Waals surface area contributed by atoms with Crippen LogP contribution in [0.2, 0.25) is 0 Å². The summed E-state index contributed by atoms with van der Waals surface area (Å²) in [6, 6.07) is 8.07. The second-order valence-corrected chi connectivity index (χ2v) is 10.4. The lowest BCUT2D eigenvalue weighted by molar-refractivity contribution is -0.132. The molecule has 5 heterocycles.